The van der Waals surface area contributed by atoms with Crippen LogP contribution in [0.25, 0.3) is 39.0 Å². The summed E-state index contributed by atoms with van der Waals surface area (Å²) in [5.74, 6) is 2.47. The molecule has 0 bridgehead atoms. The number of nitrogens with two attached hydrogens (primary N) is 2. The molecule has 13 heteroatoms. The summed E-state index contributed by atoms with van der Waals surface area (Å²) >= 11 is 0. The highest BCUT2D eigenvalue weighted by molar-refractivity contribution is 5.96. The number of allylic oxidation sites excluding steroid dienone is 1. The first-order valence-corrected chi connectivity index (χ1v) is 24.5. The van der Waals surface area contributed by atoms with Gasteiger partial charge in [-0.25, -0.2) is 4.98 Å². The second kappa shape index (κ2) is 21.0. The number of aromatic nitrogens is 3. The SMILES string of the molecule is CCC(=N/C=C(\CC)c1ccc2c(c1)OC(c1cccc(OCCCCOC)c1)n1c-2cc2cc(-c3cnc([C@@H]4CCCN4C(=O)[C@@H](N)C(C)C)[nH]3)ccc21)[C@@H]1CCCN1C(=O)[C@@H](N)C(C)C. The smallest absolute Gasteiger partial charge is 0.240 e. The van der Waals surface area contributed by atoms with Crippen LogP contribution in [0.4, 0.5) is 0 Å². The van der Waals surface area contributed by atoms with Gasteiger partial charge in [-0.05, 0) is 117 Å². The van der Waals surface area contributed by atoms with Crippen molar-refractivity contribution in [1.82, 2.24) is 24.3 Å². The Morgan fingerprint density at radius 1 is 0.896 bits per heavy atom. The number of carbonyl (C=O) groups is 2. The molecule has 356 valence electrons. The number of rotatable bonds is 18. The second-order valence-electron chi connectivity index (χ2n) is 19.1. The summed E-state index contributed by atoms with van der Waals surface area (Å²) in [7, 11) is 1.72. The molecule has 0 aliphatic carbocycles. The molecule has 67 heavy (non-hydrogen) atoms. The van der Waals surface area contributed by atoms with Gasteiger partial charge in [0.2, 0.25) is 18.0 Å². The van der Waals surface area contributed by atoms with Gasteiger partial charge < -0.3 is 45.0 Å². The fourth-order valence-corrected chi connectivity index (χ4v) is 9.82. The van der Waals surface area contributed by atoms with E-state index in [9.17, 15) is 9.59 Å². The molecule has 3 aromatic carbocycles. The summed E-state index contributed by atoms with van der Waals surface area (Å²) in [6.07, 6.45) is 10.3. The number of aromatic amines is 1. The minimum Gasteiger partial charge on any atom is -0.494 e. The fourth-order valence-electron chi connectivity index (χ4n) is 9.82. The predicted molar refractivity (Wildman–Crippen MR) is 267 cm³/mol. The van der Waals surface area contributed by atoms with Crippen LogP contribution in [-0.4, -0.2) is 93.4 Å². The number of nitrogens with one attached hydrogen (secondary N) is 1. The number of fused-ring (bicyclic) bond motifs is 5. The van der Waals surface area contributed by atoms with Crippen molar-refractivity contribution in [2.45, 2.75) is 123 Å². The number of unbranched alkanes of at least 4 members (excludes halogenated alkanes) is 1. The van der Waals surface area contributed by atoms with Gasteiger partial charge in [0, 0.05) is 60.8 Å². The molecule has 2 fully saturated rings. The number of aliphatic imine (C=N–C) groups is 1. The number of hydrogen-bond donors (Lipinski definition) is 3. The molecule has 2 aromatic heterocycles. The van der Waals surface area contributed by atoms with Crippen LogP contribution in [-0.2, 0) is 14.3 Å². The number of hydrogen-bond acceptors (Lipinski definition) is 9. The zero-order valence-electron chi connectivity index (χ0n) is 40.5. The quantitative estimate of drug-likeness (QED) is 0.0578. The standard InChI is InChI=1S/C54H70N8O5/c1-8-35(31-57-42(9-2)45-17-13-23-60(45)52(63)49(55)33(3)4)36-19-21-41-47-29-39-27-37(43-32-58-51(59-43)46-18-14-24-61(46)53(64)50(56)34(5)6)20-22-44(39)62(47)54(67-48(41)30-36)38-15-12-16-40(28-38)66-26-11-10-25-65-7/h12,15-16,19-22,27-34,45-46,49-50,54H,8-11,13-14,17-18,23-26,55-56H2,1-7H3,(H,58,59)/b35-31+,57-42?/t45-,46-,49-,50-,54?/m0/s1. The number of carbonyl (C=O) groups excluding carboxylic acids is 2. The van der Waals surface area contributed by atoms with Gasteiger partial charge in [0.1, 0.15) is 17.3 Å². The molecule has 3 aliphatic heterocycles. The van der Waals surface area contributed by atoms with Crippen molar-refractivity contribution in [1.29, 1.82) is 0 Å². The number of benzene rings is 3. The van der Waals surface area contributed by atoms with Crippen molar-refractivity contribution < 1.29 is 23.8 Å². The van der Waals surface area contributed by atoms with Gasteiger partial charge >= 0.3 is 0 Å². The van der Waals surface area contributed by atoms with Gasteiger partial charge in [0.25, 0.3) is 0 Å². The van der Waals surface area contributed by atoms with E-state index in [-0.39, 0.29) is 35.7 Å². The maximum atomic E-state index is 13.4. The van der Waals surface area contributed by atoms with Crippen molar-refractivity contribution in [3.05, 3.63) is 96.1 Å². The summed E-state index contributed by atoms with van der Waals surface area (Å²) in [4.78, 5) is 44.1. The zero-order chi connectivity index (χ0) is 47.4. The third-order valence-corrected chi connectivity index (χ3v) is 13.9. The minimum absolute atomic E-state index is 0.0102. The molecule has 8 rings (SSSR count). The van der Waals surface area contributed by atoms with E-state index in [1.807, 2.05) is 62.0 Å². The van der Waals surface area contributed by atoms with Gasteiger partial charge in [-0.1, -0.05) is 65.8 Å². The van der Waals surface area contributed by atoms with Crippen LogP contribution in [0, 0.1) is 11.8 Å². The lowest BCUT2D eigenvalue weighted by molar-refractivity contribution is -0.135. The van der Waals surface area contributed by atoms with Crippen molar-refractivity contribution in [2.75, 3.05) is 33.4 Å². The first-order chi connectivity index (χ1) is 32.4. The van der Waals surface area contributed by atoms with Crippen LogP contribution in [0.5, 0.6) is 11.5 Å². The molecule has 0 spiro atoms. The molecule has 3 aliphatic rings. The number of methoxy groups -OCH3 is 1. The third kappa shape index (κ3) is 9.96. The van der Waals surface area contributed by atoms with Gasteiger partial charge in [-0.3, -0.25) is 14.6 Å². The predicted octanol–water partition coefficient (Wildman–Crippen LogP) is 9.67. The first kappa shape index (κ1) is 47.7. The lowest BCUT2D eigenvalue weighted by Gasteiger charge is -2.31. The number of imidazole rings is 1. The number of nitrogens with zero attached hydrogens (tertiary/aromatic N) is 5. The maximum absolute atomic E-state index is 13.4. The van der Waals surface area contributed by atoms with Crippen LogP contribution < -0.4 is 20.9 Å². The third-order valence-electron chi connectivity index (χ3n) is 13.9. The van der Waals surface area contributed by atoms with Gasteiger partial charge in [0.15, 0.2) is 0 Å². The Morgan fingerprint density at radius 3 is 2.39 bits per heavy atom. The molecular weight excluding hydrogens is 841 g/mol. The Morgan fingerprint density at radius 2 is 1.64 bits per heavy atom. The van der Waals surface area contributed by atoms with E-state index in [1.165, 1.54) is 0 Å². The summed E-state index contributed by atoms with van der Waals surface area (Å²) in [5.41, 5.74) is 21.7. The van der Waals surface area contributed by atoms with Crippen LogP contribution >= 0.6 is 0 Å². The molecule has 0 radical (unpaired) electrons. The van der Waals surface area contributed by atoms with Crippen LogP contribution in [0.15, 0.2) is 84.1 Å². The van der Waals surface area contributed by atoms with E-state index in [0.29, 0.717) is 26.3 Å². The van der Waals surface area contributed by atoms with E-state index >= 15 is 0 Å². The number of amides is 2. The molecule has 5 atom stereocenters. The van der Waals surface area contributed by atoms with Crippen LogP contribution in [0.1, 0.15) is 122 Å². The lowest BCUT2D eigenvalue weighted by Crippen LogP contribution is -2.50. The highest BCUT2D eigenvalue weighted by atomic mass is 16.5. The molecule has 2 saturated heterocycles. The maximum Gasteiger partial charge on any atom is 0.240 e. The van der Waals surface area contributed by atoms with Crippen molar-refractivity contribution in [3.63, 3.8) is 0 Å². The van der Waals surface area contributed by atoms with Crippen LogP contribution in [0.2, 0.25) is 0 Å². The van der Waals surface area contributed by atoms with Crippen molar-refractivity contribution in [3.8, 4) is 34.0 Å². The topological polar surface area (TPSA) is 166 Å². The zero-order valence-corrected chi connectivity index (χ0v) is 40.5. The van der Waals surface area contributed by atoms with E-state index in [1.54, 1.807) is 7.11 Å². The minimum atomic E-state index is -0.538. The molecule has 1 unspecified atom stereocenters. The molecule has 0 saturated carbocycles. The van der Waals surface area contributed by atoms with Crippen LogP contribution in [0.3, 0.4) is 0 Å². The van der Waals surface area contributed by atoms with E-state index in [0.717, 1.165) is 125 Å². The molecule has 5 N–H and O–H groups in total. The van der Waals surface area contributed by atoms with Crippen molar-refractivity contribution in [2.24, 2.45) is 28.3 Å². The molecule has 5 aromatic rings. The highest BCUT2D eigenvalue weighted by Crippen LogP contribution is 2.46. The summed E-state index contributed by atoms with van der Waals surface area (Å²) in [5, 5.41) is 1.06. The van der Waals surface area contributed by atoms with E-state index in [2.05, 4.69) is 78.0 Å². The normalized spacial score (nSPS) is 19.5. The average Bonchev–Trinajstić information content (AvgIpc) is 4.18. The summed E-state index contributed by atoms with van der Waals surface area (Å²) < 4.78 is 20.9. The number of H-pyrrole nitrogens is 1. The number of likely N-dealkylation sites (tertiary alicyclic amines) is 2. The second-order valence-corrected chi connectivity index (χ2v) is 19.1. The monoisotopic (exact) mass is 911 g/mol. The lowest BCUT2D eigenvalue weighted by atomic mass is 9.99. The van der Waals surface area contributed by atoms with Crippen molar-refractivity contribution >= 4 is 34.0 Å². The summed E-state index contributed by atoms with van der Waals surface area (Å²) in [6, 6.07) is 22.2. The van der Waals surface area contributed by atoms with Gasteiger partial charge in [0.05, 0.1) is 53.9 Å². The van der Waals surface area contributed by atoms with Gasteiger partial charge in [-0.2, -0.15) is 0 Å². The Balaban J connectivity index is 1.14. The van der Waals surface area contributed by atoms with E-state index < -0.39 is 18.3 Å². The number of ether oxygens (including phenoxy) is 3. The molecular formula is C54H70N8O5. The molecule has 5 heterocycles. The molecule has 2 amide bonds. The Labute approximate surface area is 395 Å². The Kier molecular flexibility index (Phi) is 15.0. The Bertz CT molecular complexity index is 2610. The first-order valence-electron chi connectivity index (χ1n) is 24.5. The Hall–Kier alpha value is -5.76. The molecule has 13 nitrogen and oxygen atoms in total. The largest absolute Gasteiger partial charge is 0.494 e. The van der Waals surface area contributed by atoms with E-state index in [4.69, 9.17) is 35.7 Å². The van der Waals surface area contributed by atoms with Gasteiger partial charge in [-0.15, -0.1) is 0 Å². The fraction of sp³-hybridized carbons (Fsp3) is 0.481. The highest BCUT2D eigenvalue weighted by Gasteiger charge is 2.37. The average molecular weight is 911 g/mol. The summed E-state index contributed by atoms with van der Waals surface area (Å²) in [6.45, 7) is 14.9.